The lowest BCUT2D eigenvalue weighted by Gasteiger charge is -2.14. The van der Waals surface area contributed by atoms with Gasteiger partial charge in [-0.2, -0.15) is 0 Å². The number of benzene rings is 2. The lowest BCUT2D eigenvalue weighted by Crippen LogP contribution is -1.95. The van der Waals surface area contributed by atoms with Crippen LogP contribution >= 0.6 is 39.1 Å². The zero-order valence-electron chi connectivity index (χ0n) is 11.5. The van der Waals surface area contributed by atoms with Gasteiger partial charge in [0.1, 0.15) is 0 Å². The van der Waals surface area contributed by atoms with Crippen molar-refractivity contribution < 1.29 is 0 Å². The van der Waals surface area contributed by atoms with Gasteiger partial charge in [0, 0.05) is 10.0 Å². The van der Waals surface area contributed by atoms with Crippen molar-refractivity contribution in [2.24, 2.45) is 0 Å². The van der Waals surface area contributed by atoms with Crippen LogP contribution in [0.2, 0.25) is 10.0 Å². The van der Waals surface area contributed by atoms with Gasteiger partial charge in [0.15, 0.2) is 0 Å². The quantitative estimate of drug-likeness (QED) is 0.508. The topological polar surface area (TPSA) is 0 Å². The lowest BCUT2D eigenvalue weighted by atomic mass is 9.96. The van der Waals surface area contributed by atoms with Gasteiger partial charge in [0.25, 0.3) is 0 Å². The Hall–Kier alpha value is -0.500. The van der Waals surface area contributed by atoms with Gasteiger partial charge in [-0.1, -0.05) is 77.2 Å². The predicted octanol–water partition coefficient (Wildman–Crippen LogP) is 6.99. The molecule has 0 amide bonds. The molecule has 106 valence electrons. The molecule has 2 rings (SSSR count). The predicted molar refractivity (Wildman–Crippen MR) is 92.4 cm³/mol. The van der Waals surface area contributed by atoms with E-state index in [1.54, 1.807) is 6.07 Å². The molecular weight excluding hydrogens is 355 g/mol. The van der Waals surface area contributed by atoms with Crippen molar-refractivity contribution >= 4 is 39.1 Å². The Kier molecular flexibility index (Phi) is 5.54. The van der Waals surface area contributed by atoms with Gasteiger partial charge in [-0.3, -0.25) is 0 Å². The summed E-state index contributed by atoms with van der Waals surface area (Å²) in [5.41, 5.74) is 3.65. The van der Waals surface area contributed by atoms with Crippen LogP contribution < -0.4 is 0 Å². The summed E-state index contributed by atoms with van der Waals surface area (Å²) in [5.74, 6) is 0.596. The average Bonchev–Trinajstić information content (AvgIpc) is 2.45. The smallest absolute Gasteiger partial charge is 0.0645 e. The zero-order chi connectivity index (χ0) is 14.7. The van der Waals surface area contributed by atoms with Crippen LogP contribution in [0.1, 0.15) is 47.7 Å². The standard InChI is InChI=1S/C17H17BrCl2/c1-3-11(2)12-4-6-13(7-5-12)17(18)14-8-15(19)10-16(20)9-14/h4-11,17H,3H2,1-2H3. The van der Waals surface area contributed by atoms with Crippen LogP contribution in [0.5, 0.6) is 0 Å². The third-order valence-corrected chi connectivity index (χ3v) is 5.08. The van der Waals surface area contributed by atoms with Crippen LogP contribution in [0, 0.1) is 0 Å². The summed E-state index contributed by atoms with van der Waals surface area (Å²) in [6.45, 7) is 4.46. The molecular formula is C17H17BrCl2. The number of alkyl halides is 1. The van der Waals surface area contributed by atoms with Crippen LogP contribution in [0.3, 0.4) is 0 Å². The average molecular weight is 372 g/mol. The monoisotopic (exact) mass is 370 g/mol. The summed E-state index contributed by atoms with van der Waals surface area (Å²) in [6, 6.07) is 14.3. The number of hydrogen-bond acceptors (Lipinski definition) is 0. The summed E-state index contributed by atoms with van der Waals surface area (Å²) >= 11 is 15.8. The normalized spacial score (nSPS) is 14.1. The molecule has 0 nitrogen and oxygen atoms in total. The molecule has 0 radical (unpaired) electrons. The second kappa shape index (κ2) is 6.98. The molecule has 0 aliphatic rings. The van der Waals surface area contributed by atoms with Crippen molar-refractivity contribution in [3.63, 3.8) is 0 Å². The molecule has 0 aliphatic heterocycles. The van der Waals surface area contributed by atoms with E-state index in [9.17, 15) is 0 Å². The van der Waals surface area contributed by atoms with E-state index in [1.165, 1.54) is 11.1 Å². The third kappa shape index (κ3) is 3.78. The molecule has 0 spiro atoms. The minimum Gasteiger partial charge on any atom is -0.0843 e. The van der Waals surface area contributed by atoms with Crippen LogP contribution in [-0.4, -0.2) is 0 Å². The van der Waals surface area contributed by atoms with E-state index in [-0.39, 0.29) is 4.83 Å². The molecule has 0 heterocycles. The van der Waals surface area contributed by atoms with Crippen molar-refractivity contribution in [1.29, 1.82) is 0 Å². The van der Waals surface area contributed by atoms with E-state index in [2.05, 4.69) is 54.0 Å². The Morgan fingerprint density at radius 1 is 0.900 bits per heavy atom. The molecule has 2 unspecified atom stereocenters. The third-order valence-electron chi connectivity index (χ3n) is 3.59. The molecule has 0 saturated carbocycles. The molecule has 2 aromatic rings. The highest BCUT2D eigenvalue weighted by Crippen LogP contribution is 2.34. The number of rotatable bonds is 4. The van der Waals surface area contributed by atoms with Crippen molar-refractivity contribution in [1.82, 2.24) is 0 Å². The fourth-order valence-electron chi connectivity index (χ4n) is 2.14. The van der Waals surface area contributed by atoms with Gasteiger partial charge < -0.3 is 0 Å². The van der Waals surface area contributed by atoms with E-state index < -0.39 is 0 Å². The molecule has 0 saturated heterocycles. The van der Waals surface area contributed by atoms with Gasteiger partial charge in [-0.15, -0.1) is 0 Å². The van der Waals surface area contributed by atoms with Gasteiger partial charge in [0.2, 0.25) is 0 Å². The molecule has 2 atom stereocenters. The van der Waals surface area contributed by atoms with E-state index in [0.717, 1.165) is 12.0 Å². The second-order valence-corrected chi connectivity index (χ2v) is 6.83. The Labute approximate surface area is 139 Å². The molecule has 0 aliphatic carbocycles. The maximum absolute atomic E-state index is 6.06. The highest BCUT2D eigenvalue weighted by atomic mass is 79.9. The molecule has 0 N–H and O–H groups in total. The lowest BCUT2D eigenvalue weighted by molar-refractivity contribution is 0.733. The van der Waals surface area contributed by atoms with Crippen molar-refractivity contribution in [2.75, 3.05) is 0 Å². The molecule has 0 aromatic heterocycles. The van der Waals surface area contributed by atoms with Gasteiger partial charge in [0.05, 0.1) is 4.83 Å². The first-order valence-corrected chi connectivity index (χ1v) is 8.38. The maximum atomic E-state index is 6.06. The van der Waals surface area contributed by atoms with E-state index in [1.807, 2.05) is 12.1 Å². The highest BCUT2D eigenvalue weighted by molar-refractivity contribution is 9.09. The van der Waals surface area contributed by atoms with Crippen molar-refractivity contribution in [3.8, 4) is 0 Å². The highest BCUT2D eigenvalue weighted by Gasteiger charge is 2.12. The van der Waals surface area contributed by atoms with Gasteiger partial charge in [-0.25, -0.2) is 0 Å². The maximum Gasteiger partial charge on any atom is 0.0645 e. The van der Waals surface area contributed by atoms with Crippen LogP contribution in [0.15, 0.2) is 42.5 Å². The Morgan fingerprint density at radius 2 is 1.40 bits per heavy atom. The SMILES string of the molecule is CCC(C)c1ccc(C(Br)c2cc(Cl)cc(Cl)c2)cc1. The summed E-state index contributed by atoms with van der Waals surface area (Å²) < 4.78 is 0. The fraction of sp³-hybridized carbons (Fsp3) is 0.294. The molecule has 0 fully saturated rings. The Morgan fingerprint density at radius 3 is 1.90 bits per heavy atom. The Balaban J connectivity index is 2.26. The summed E-state index contributed by atoms with van der Waals surface area (Å²) in [5, 5.41) is 1.32. The molecule has 2 aromatic carbocycles. The van der Waals surface area contributed by atoms with Crippen LogP contribution in [0.4, 0.5) is 0 Å². The fourth-order valence-corrected chi connectivity index (χ4v) is 3.26. The first-order chi connectivity index (χ1) is 9.51. The largest absolute Gasteiger partial charge is 0.0843 e. The zero-order valence-corrected chi connectivity index (χ0v) is 14.6. The van der Waals surface area contributed by atoms with Crippen molar-refractivity contribution in [2.45, 2.75) is 31.0 Å². The molecule has 3 heteroatoms. The van der Waals surface area contributed by atoms with E-state index >= 15 is 0 Å². The van der Waals surface area contributed by atoms with E-state index in [4.69, 9.17) is 23.2 Å². The first kappa shape index (κ1) is 15.9. The number of halogens is 3. The number of hydrogen-bond donors (Lipinski definition) is 0. The summed E-state index contributed by atoms with van der Waals surface area (Å²) in [7, 11) is 0. The first-order valence-electron chi connectivity index (χ1n) is 6.71. The molecule has 20 heavy (non-hydrogen) atoms. The van der Waals surface area contributed by atoms with E-state index in [0.29, 0.717) is 16.0 Å². The minimum atomic E-state index is 0.102. The van der Waals surface area contributed by atoms with Gasteiger partial charge in [-0.05, 0) is 47.2 Å². The summed E-state index contributed by atoms with van der Waals surface area (Å²) in [6.07, 6.45) is 1.15. The minimum absolute atomic E-state index is 0.102. The van der Waals surface area contributed by atoms with Crippen LogP contribution in [-0.2, 0) is 0 Å². The van der Waals surface area contributed by atoms with Crippen LogP contribution in [0.25, 0.3) is 0 Å². The second-order valence-electron chi connectivity index (χ2n) is 5.04. The molecule has 0 bridgehead atoms. The Bertz CT molecular complexity index is 558. The van der Waals surface area contributed by atoms with Gasteiger partial charge >= 0.3 is 0 Å². The summed E-state index contributed by atoms with van der Waals surface area (Å²) in [4.78, 5) is 0.102. The van der Waals surface area contributed by atoms with Crippen molar-refractivity contribution in [3.05, 3.63) is 69.2 Å².